The number of carbonyl (C=O) groups is 2. The molecule has 0 radical (unpaired) electrons. The van der Waals surface area contributed by atoms with Crippen molar-refractivity contribution in [3.63, 3.8) is 0 Å². The van der Waals surface area contributed by atoms with E-state index >= 15 is 0 Å². The van der Waals surface area contributed by atoms with E-state index in [2.05, 4.69) is 25.5 Å². The van der Waals surface area contributed by atoms with Gasteiger partial charge in [0.15, 0.2) is 0 Å². The van der Waals surface area contributed by atoms with Gasteiger partial charge in [0, 0.05) is 50.7 Å². The van der Waals surface area contributed by atoms with Gasteiger partial charge in [0.25, 0.3) is 11.8 Å². The number of benzene rings is 1. The van der Waals surface area contributed by atoms with Crippen molar-refractivity contribution < 1.29 is 14.3 Å². The molecular weight excluding hydrogens is 384 g/mol. The average Bonchev–Trinajstić information content (AvgIpc) is 3.34. The van der Waals surface area contributed by atoms with Crippen LogP contribution in [0.1, 0.15) is 33.6 Å². The SMILES string of the molecule is CNC(=O)c1cnc(N2CCCC2)nc1Nc1ccc(C(=O)N2CCOCC2)cc1. The van der Waals surface area contributed by atoms with Crippen LogP contribution in [-0.2, 0) is 4.74 Å². The maximum Gasteiger partial charge on any atom is 0.256 e. The number of carbonyl (C=O) groups excluding carboxylic acids is 2. The molecule has 2 amide bonds. The Labute approximate surface area is 175 Å². The molecule has 0 unspecified atom stereocenters. The molecule has 0 saturated carbocycles. The maximum atomic E-state index is 12.6. The smallest absolute Gasteiger partial charge is 0.256 e. The van der Waals surface area contributed by atoms with Crippen molar-refractivity contribution in [2.75, 3.05) is 56.7 Å². The molecule has 158 valence electrons. The van der Waals surface area contributed by atoms with Crippen molar-refractivity contribution in [2.45, 2.75) is 12.8 Å². The molecule has 2 saturated heterocycles. The zero-order valence-corrected chi connectivity index (χ0v) is 17.1. The number of anilines is 3. The van der Waals surface area contributed by atoms with E-state index in [-0.39, 0.29) is 11.8 Å². The first-order valence-electron chi connectivity index (χ1n) is 10.2. The van der Waals surface area contributed by atoms with E-state index in [1.54, 1.807) is 30.3 Å². The number of nitrogens with one attached hydrogen (secondary N) is 2. The van der Waals surface area contributed by atoms with Gasteiger partial charge in [0.2, 0.25) is 5.95 Å². The second-order valence-corrected chi connectivity index (χ2v) is 7.31. The summed E-state index contributed by atoms with van der Waals surface area (Å²) in [7, 11) is 1.58. The lowest BCUT2D eigenvalue weighted by molar-refractivity contribution is 0.0303. The van der Waals surface area contributed by atoms with E-state index in [0.29, 0.717) is 49.2 Å². The molecule has 0 bridgehead atoms. The number of rotatable bonds is 5. The van der Waals surface area contributed by atoms with E-state index < -0.39 is 0 Å². The number of amides is 2. The van der Waals surface area contributed by atoms with Gasteiger partial charge in [0.1, 0.15) is 11.4 Å². The van der Waals surface area contributed by atoms with Gasteiger partial charge >= 0.3 is 0 Å². The molecule has 1 aromatic carbocycles. The lowest BCUT2D eigenvalue weighted by atomic mass is 10.1. The average molecular weight is 410 g/mol. The molecule has 2 N–H and O–H groups in total. The highest BCUT2D eigenvalue weighted by molar-refractivity contribution is 5.99. The summed E-state index contributed by atoms with van der Waals surface area (Å²) in [4.78, 5) is 37.8. The van der Waals surface area contributed by atoms with Crippen LogP contribution in [0.2, 0.25) is 0 Å². The molecule has 0 aliphatic carbocycles. The fourth-order valence-corrected chi connectivity index (χ4v) is 3.62. The lowest BCUT2D eigenvalue weighted by Gasteiger charge is -2.26. The number of hydrogen-bond acceptors (Lipinski definition) is 7. The summed E-state index contributed by atoms with van der Waals surface area (Å²) in [5.41, 5.74) is 1.73. The topological polar surface area (TPSA) is 99.7 Å². The van der Waals surface area contributed by atoms with Gasteiger partial charge < -0.3 is 25.2 Å². The third-order valence-corrected chi connectivity index (χ3v) is 5.33. The fourth-order valence-electron chi connectivity index (χ4n) is 3.62. The predicted molar refractivity (Wildman–Crippen MR) is 113 cm³/mol. The Morgan fingerprint density at radius 2 is 1.73 bits per heavy atom. The van der Waals surface area contributed by atoms with Crippen molar-refractivity contribution in [3.05, 3.63) is 41.6 Å². The molecule has 9 nitrogen and oxygen atoms in total. The summed E-state index contributed by atoms with van der Waals surface area (Å²) in [5.74, 6) is 0.791. The Morgan fingerprint density at radius 1 is 1.03 bits per heavy atom. The molecule has 30 heavy (non-hydrogen) atoms. The minimum atomic E-state index is -0.260. The number of morpholine rings is 1. The molecule has 2 aromatic rings. The summed E-state index contributed by atoms with van der Waals surface area (Å²) < 4.78 is 5.31. The summed E-state index contributed by atoms with van der Waals surface area (Å²) in [6, 6.07) is 7.20. The van der Waals surface area contributed by atoms with Crippen molar-refractivity contribution in [1.82, 2.24) is 20.2 Å². The monoisotopic (exact) mass is 410 g/mol. The highest BCUT2D eigenvalue weighted by Gasteiger charge is 2.20. The van der Waals surface area contributed by atoms with Crippen LogP contribution in [0.5, 0.6) is 0 Å². The third-order valence-electron chi connectivity index (χ3n) is 5.33. The number of aromatic nitrogens is 2. The van der Waals surface area contributed by atoms with Gasteiger partial charge in [0.05, 0.1) is 13.2 Å². The van der Waals surface area contributed by atoms with E-state index in [0.717, 1.165) is 31.6 Å². The van der Waals surface area contributed by atoms with Gasteiger partial charge in [-0.15, -0.1) is 0 Å². The quantitative estimate of drug-likeness (QED) is 0.773. The van der Waals surface area contributed by atoms with E-state index in [4.69, 9.17) is 4.74 Å². The molecule has 0 atom stereocenters. The number of nitrogens with zero attached hydrogens (tertiary/aromatic N) is 4. The second-order valence-electron chi connectivity index (χ2n) is 7.31. The third kappa shape index (κ3) is 4.35. The van der Waals surface area contributed by atoms with Crippen LogP contribution in [0.15, 0.2) is 30.5 Å². The Hall–Kier alpha value is -3.20. The van der Waals surface area contributed by atoms with Gasteiger partial charge in [-0.25, -0.2) is 4.98 Å². The molecule has 9 heteroatoms. The van der Waals surface area contributed by atoms with Crippen LogP contribution < -0.4 is 15.5 Å². The Morgan fingerprint density at radius 3 is 2.40 bits per heavy atom. The molecule has 2 fully saturated rings. The first kappa shape index (κ1) is 20.1. The summed E-state index contributed by atoms with van der Waals surface area (Å²) in [5, 5.41) is 5.84. The predicted octanol–water partition coefficient (Wildman–Crippen LogP) is 1.65. The van der Waals surface area contributed by atoms with E-state index in [1.165, 1.54) is 0 Å². The van der Waals surface area contributed by atoms with Crippen molar-refractivity contribution in [1.29, 1.82) is 0 Å². The van der Waals surface area contributed by atoms with Crippen molar-refractivity contribution in [2.24, 2.45) is 0 Å². The molecule has 0 spiro atoms. The van der Waals surface area contributed by atoms with Crippen molar-refractivity contribution in [3.8, 4) is 0 Å². The van der Waals surface area contributed by atoms with Gasteiger partial charge in [-0.2, -0.15) is 4.98 Å². The molecule has 3 heterocycles. The molecule has 2 aliphatic rings. The summed E-state index contributed by atoms with van der Waals surface area (Å²) >= 11 is 0. The van der Waals surface area contributed by atoms with Crippen LogP contribution >= 0.6 is 0 Å². The van der Waals surface area contributed by atoms with Gasteiger partial charge in [-0.1, -0.05) is 0 Å². The molecule has 1 aromatic heterocycles. The minimum Gasteiger partial charge on any atom is -0.378 e. The normalized spacial score (nSPS) is 16.4. The largest absolute Gasteiger partial charge is 0.378 e. The van der Waals surface area contributed by atoms with E-state index in [1.807, 2.05) is 12.1 Å². The van der Waals surface area contributed by atoms with Crippen LogP contribution in [0.4, 0.5) is 17.5 Å². The number of hydrogen-bond donors (Lipinski definition) is 2. The minimum absolute atomic E-state index is 0.00532. The zero-order valence-electron chi connectivity index (χ0n) is 17.1. The Balaban J connectivity index is 1.54. The molecular formula is C21H26N6O3. The van der Waals surface area contributed by atoms with Crippen LogP contribution in [-0.4, -0.2) is 73.1 Å². The van der Waals surface area contributed by atoms with Gasteiger partial charge in [-0.3, -0.25) is 9.59 Å². The van der Waals surface area contributed by atoms with Crippen molar-refractivity contribution >= 4 is 29.3 Å². The number of ether oxygens (including phenoxy) is 1. The fraction of sp³-hybridized carbons (Fsp3) is 0.429. The summed E-state index contributed by atoms with van der Waals surface area (Å²) in [6.45, 7) is 4.18. The van der Waals surface area contributed by atoms with Crippen LogP contribution in [0.3, 0.4) is 0 Å². The molecule has 2 aliphatic heterocycles. The van der Waals surface area contributed by atoms with Crippen LogP contribution in [0.25, 0.3) is 0 Å². The first-order valence-corrected chi connectivity index (χ1v) is 10.2. The van der Waals surface area contributed by atoms with Crippen LogP contribution in [0, 0.1) is 0 Å². The standard InChI is InChI=1S/C21H26N6O3/c1-22-19(28)17-14-23-21(27-8-2-3-9-27)25-18(17)24-16-6-4-15(5-7-16)20(29)26-10-12-30-13-11-26/h4-7,14H,2-3,8-13H2,1H3,(H,22,28)(H,23,24,25). The summed E-state index contributed by atoms with van der Waals surface area (Å²) in [6.07, 6.45) is 3.78. The zero-order chi connectivity index (χ0) is 20.9. The highest BCUT2D eigenvalue weighted by Crippen LogP contribution is 2.23. The lowest BCUT2D eigenvalue weighted by Crippen LogP contribution is -2.40. The second kappa shape index (κ2) is 9.08. The Bertz CT molecular complexity index is 905. The van der Waals surface area contributed by atoms with E-state index in [9.17, 15) is 9.59 Å². The maximum absolute atomic E-state index is 12.6. The first-order chi connectivity index (χ1) is 14.7. The Kier molecular flexibility index (Phi) is 6.08. The van der Waals surface area contributed by atoms with Gasteiger partial charge in [-0.05, 0) is 37.1 Å². The highest BCUT2D eigenvalue weighted by atomic mass is 16.5. The molecule has 4 rings (SSSR count).